The summed E-state index contributed by atoms with van der Waals surface area (Å²) in [6.45, 7) is 2.79. The fourth-order valence-electron chi connectivity index (χ4n) is 4.15. The topological polar surface area (TPSA) is 75.9 Å². The summed E-state index contributed by atoms with van der Waals surface area (Å²) in [6, 6.07) is 18.8. The standard InChI is InChI=1S/C25H25N3O4S/c1-31-22-5-2-6-24(16-22)33(29,30)28-12-10-27(11-13-28)18-23-15-21-14-19(7-8-25(21)32-23)20-4-3-9-26-17-20/h2-9,14-17H,10-13,18H2,1H3. The molecule has 3 heterocycles. The van der Waals surface area contributed by atoms with Gasteiger partial charge in [-0.2, -0.15) is 4.31 Å². The van der Waals surface area contributed by atoms with Crippen LogP contribution in [0.1, 0.15) is 5.76 Å². The molecule has 0 amide bonds. The molecule has 0 unspecified atom stereocenters. The van der Waals surface area contributed by atoms with E-state index >= 15 is 0 Å². The summed E-state index contributed by atoms with van der Waals surface area (Å²) in [6.07, 6.45) is 3.61. The lowest BCUT2D eigenvalue weighted by Crippen LogP contribution is -2.48. The molecule has 0 radical (unpaired) electrons. The number of benzene rings is 2. The van der Waals surface area contributed by atoms with Crippen molar-refractivity contribution in [1.29, 1.82) is 0 Å². The number of nitrogens with zero attached hydrogens (tertiary/aromatic N) is 3. The molecule has 0 saturated carbocycles. The number of sulfonamides is 1. The monoisotopic (exact) mass is 463 g/mol. The van der Waals surface area contributed by atoms with Crippen molar-refractivity contribution in [1.82, 2.24) is 14.2 Å². The lowest BCUT2D eigenvalue weighted by molar-refractivity contribution is 0.172. The minimum atomic E-state index is -3.54. The maximum atomic E-state index is 13.0. The Morgan fingerprint density at radius 3 is 2.58 bits per heavy atom. The molecule has 2 aromatic heterocycles. The highest BCUT2D eigenvalue weighted by Crippen LogP contribution is 2.27. The highest BCUT2D eigenvalue weighted by Gasteiger charge is 2.29. The number of methoxy groups -OCH3 is 1. The molecule has 0 atom stereocenters. The number of hydrogen-bond donors (Lipinski definition) is 0. The number of ether oxygens (including phenoxy) is 1. The van der Waals surface area contributed by atoms with Gasteiger partial charge in [-0.1, -0.05) is 18.2 Å². The molecule has 8 heteroatoms. The molecule has 7 nitrogen and oxygen atoms in total. The van der Waals surface area contributed by atoms with Gasteiger partial charge in [-0.15, -0.1) is 0 Å². The lowest BCUT2D eigenvalue weighted by Gasteiger charge is -2.33. The van der Waals surface area contributed by atoms with Gasteiger partial charge in [0.1, 0.15) is 17.1 Å². The molecule has 5 rings (SSSR count). The van der Waals surface area contributed by atoms with E-state index in [9.17, 15) is 8.42 Å². The molecule has 2 aromatic carbocycles. The van der Waals surface area contributed by atoms with E-state index in [1.165, 1.54) is 11.4 Å². The summed E-state index contributed by atoms with van der Waals surface area (Å²) in [7, 11) is -2.01. The van der Waals surface area contributed by atoms with Crippen molar-refractivity contribution in [3.05, 3.63) is 78.8 Å². The maximum absolute atomic E-state index is 13.0. The van der Waals surface area contributed by atoms with Gasteiger partial charge in [0.25, 0.3) is 0 Å². The molecule has 1 aliphatic rings. The van der Waals surface area contributed by atoms with E-state index in [4.69, 9.17) is 9.15 Å². The Balaban J connectivity index is 1.25. The van der Waals surface area contributed by atoms with E-state index in [0.29, 0.717) is 38.5 Å². The van der Waals surface area contributed by atoms with E-state index in [1.54, 1.807) is 30.5 Å². The van der Waals surface area contributed by atoms with E-state index in [2.05, 4.69) is 22.0 Å². The van der Waals surface area contributed by atoms with Crippen molar-refractivity contribution >= 4 is 21.0 Å². The molecule has 4 aromatic rings. The minimum Gasteiger partial charge on any atom is -0.497 e. The molecule has 1 aliphatic heterocycles. The van der Waals surface area contributed by atoms with Gasteiger partial charge >= 0.3 is 0 Å². The lowest BCUT2D eigenvalue weighted by atomic mass is 10.1. The SMILES string of the molecule is COc1cccc(S(=O)(=O)N2CCN(Cc3cc4cc(-c5cccnc5)ccc4o3)CC2)c1. The zero-order chi connectivity index (χ0) is 22.8. The second kappa shape index (κ2) is 8.97. The van der Waals surface area contributed by atoms with Gasteiger partial charge in [-0.25, -0.2) is 8.42 Å². The normalized spacial score (nSPS) is 15.7. The van der Waals surface area contributed by atoms with Gasteiger partial charge in [-0.05, 0) is 42.0 Å². The highest BCUT2D eigenvalue weighted by molar-refractivity contribution is 7.89. The molecule has 33 heavy (non-hydrogen) atoms. The van der Waals surface area contributed by atoms with Crippen molar-refractivity contribution in [3.63, 3.8) is 0 Å². The summed E-state index contributed by atoms with van der Waals surface area (Å²) in [5.74, 6) is 1.41. The predicted molar refractivity (Wildman–Crippen MR) is 126 cm³/mol. The van der Waals surface area contributed by atoms with Crippen LogP contribution in [0.15, 0.2) is 82.4 Å². The zero-order valence-corrected chi connectivity index (χ0v) is 19.2. The van der Waals surface area contributed by atoms with Crippen LogP contribution in [0.2, 0.25) is 0 Å². The third kappa shape index (κ3) is 4.50. The average molecular weight is 464 g/mol. The van der Waals surface area contributed by atoms with Gasteiger partial charge in [0.2, 0.25) is 10.0 Å². The van der Waals surface area contributed by atoms with Crippen LogP contribution < -0.4 is 4.74 Å². The molecule has 0 aliphatic carbocycles. The summed E-state index contributed by atoms with van der Waals surface area (Å²) in [5, 5.41) is 1.05. The number of rotatable bonds is 6. The number of aromatic nitrogens is 1. The summed E-state index contributed by atoms with van der Waals surface area (Å²) in [5.41, 5.74) is 3.01. The largest absolute Gasteiger partial charge is 0.497 e. The fourth-order valence-corrected chi connectivity index (χ4v) is 5.61. The second-order valence-corrected chi connectivity index (χ2v) is 10.0. The van der Waals surface area contributed by atoms with Crippen molar-refractivity contribution in [3.8, 4) is 16.9 Å². The molecular weight excluding hydrogens is 438 g/mol. The minimum absolute atomic E-state index is 0.261. The Bertz CT molecular complexity index is 1360. The second-order valence-electron chi connectivity index (χ2n) is 8.07. The Morgan fingerprint density at radius 2 is 1.82 bits per heavy atom. The van der Waals surface area contributed by atoms with Gasteiger partial charge in [0.15, 0.2) is 0 Å². The summed E-state index contributed by atoms with van der Waals surface area (Å²) < 4.78 is 38.8. The van der Waals surface area contributed by atoms with Gasteiger partial charge < -0.3 is 9.15 Å². The van der Waals surface area contributed by atoms with Gasteiger partial charge in [0, 0.05) is 55.6 Å². The Morgan fingerprint density at radius 1 is 0.970 bits per heavy atom. The smallest absolute Gasteiger partial charge is 0.243 e. The molecule has 1 fully saturated rings. The highest BCUT2D eigenvalue weighted by atomic mass is 32.2. The third-order valence-electron chi connectivity index (χ3n) is 5.95. The molecule has 0 bridgehead atoms. The maximum Gasteiger partial charge on any atom is 0.243 e. The summed E-state index contributed by atoms with van der Waals surface area (Å²) >= 11 is 0. The van der Waals surface area contributed by atoms with Crippen LogP contribution in [0, 0.1) is 0 Å². The number of piperazine rings is 1. The zero-order valence-electron chi connectivity index (χ0n) is 18.3. The van der Waals surface area contributed by atoms with E-state index in [1.807, 2.05) is 30.5 Å². The Labute approximate surface area is 193 Å². The van der Waals surface area contributed by atoms with E-state index in [0.717, 1.165) is 27.9 Å². The van der Waals surface area contributed by atoms with E-state index in [-0.39, 0.29) is 4.90 Å². The molecular formula is C25H25N3O4S. The van der Waals surface area contributed by atoms with Crippen molar-refractivity contribution in [2.24, 2.45) is 0 Å². The van der Waals surface area contributed by atoms with Crippen LogP contribution in [0.4, 0.5) is 0 Å². The first-order valence-corrected chi connectivity index (χ1v) is 12.3. The van der Waals surface area contributed by atoms with Crippen molar-refractivity contribution < 1.29 is 17.6 Å². The first kappa shape index (κ1) is 21.6. The number of furan rings is 1. The number of fused-ring (bicyclic) bond motifs is 1. The van der Waals surface area contributed by atoms with Crippen molar-refractivity contribution in [2.45, 2.75) is 11.4 Å². The Kier molecular flexibility index (Phi) is 5.88. The number of pyridine rings is 1. The van der Waals surface area contributed by atoms with Gasteiger partial charge in [-0.3, -0.25) is 9.88 Å². The van der Waals surface area contributed by atoms with Gasteiger partial charge in [0.05, 0.1) is 18.6 Å². The molecule has 0 spiro atoms. The average Bonchev–Trinajstić information content (AvgIpc) is 3.26. The number of hydrogen-bond acceptors (Lipinski definition) is 6. The summed E-state index contributed by atoms with van der Waals surface area (Å²) in [4.78, 5) is 6.67. The van der Waals surface area contributed by atoms with Crippen LogP contribution in [-0.4, -0.2) is 55.9 Å². The third-order valence-corrected chi connectivity index (χ3v) is 7.85. The predicted octanol–water partition coefficient (Wildman–Crippen LogP) is 4.01. The quantitative estimate of drug-likeness (QED) is 0.430. The van der Waals surface area contributed by atoms with Crippen LogP contribution in [-0.2, 0) is 16.6 Å². The van der Waals surface area contributed by atoms with E-state index < -0.39 is 10.0 Å². The first-order valence-electron chi connectivity index (χ1n) is 10.8. The molecule has 0 N–H and O–H groups in total. The van der Waals surface area contributed by atoms with Crippen molar-refractivity contribution in [2.75, 3.05) is 33.3 Å². The first-order chi connectivity index (χ1) is 16.0. The van der Waals surface area contributed by atoms with Crippen LogP contribution in [0.5, 0.6) is 5.75 Å². The molecule has 170 valence electrons. The fraction of sp³-hybridized carbons (Fsp3) is 0.240. The van der Waals surface area contributed by atoms with Crippen LogP contribution >= 0.6 is 0 Å². The Hall–Kier alpha value is -3.20. The van der Waals surface area contributed by atoms with Crippen LogP contribution in [0.25, 0.3) is 22.1 Å². The molecule has 1 saturated heterocycles. The van der Waals surface area contributed by atoms with Crippen LogP contribution in [0.3, 0.4) is 0 Å².